The van der Waals surface area contributed by atoms with Crippen molar-refractivity contribution in [3.8, 4) is 0 Å². The molecule has 1 aliphatic carbocycles. The van der Waals surface area contributed by atoms with Crippen LogP contribution in [-0.2, 0) is 11.2 Å². The molecule has 1 N–H and O–H groups in total. The number of pyridine rings is 1. The van der Waals surface area contributed by atoms with Crippen molar-refractivity contribution in [2.75, 3.05) is 6.54 Å². The van der Waals surface area contributed by atoms with E-state index >= 15 is 0 Å². The van der Waals surface area contributed by atoms with Gasteiger partial charge in [-0.25, -0.2) is 0 Å². The minimum atomic E-state index is -0.406. The standard InChI is InChI=1S/C16H22N2O2/c1-11-7-13(8-11)16(20)18-6-4-15(19)14(18)9-12-3-2-5-17-10-12/h2-3,5,10-11,13-15,19H,4,6-9H2,1H3/t11?,13?,14-,15-/m0/s1. The van der Waals surface area contributed by atoms with Crippen molar-refractivity contribution in [3.63, 3.8) is 0 Å². The molecule has 0 bridgehead atoms. The minimum absolute atomic E-state index is 0.0809. The molecule has 0 radical (unpaired) electrons. The number of carbonyl (C=O) groups is 1. The fourth-order valence-electron chi connectivity index (χ4n) is 3.46. The summed E-state index contributed by atoms with van der Waals surface area (Å²) >= 11 is 0. The Kier molecular flexibility index (Phi) is 3.74. The first kappa shape index (κ1) is 13.6. The second-order valence-electron chi connectivity index (χ2n) is 6.29. The lowest BCUT2D eigenvalue weighted by atomic mass is 9.75. The molecule has 3 rings (SSSR count). The monoisotopic (exact) mass is 274 g/mol. The third-order valence-corrected chi connectivity index (χ3v) is 4.68. The van der Waals surface area contributed by atoms with Crippen molar-refractivity contribution < 1.29 is 9.90 Å². The average Bonchev–Trinajstić information content (AvgIpc) is 2.77. The third kappa shape index (κ3) is 2.57. The van der Waals surface area contributed by atoms with Gasteiger partial charge in [-0.2, -0.15) is 0 Å². The van der Waals surface area contributed by atoms with Gasteiger partial charge >= 0.3 is 0 Å². The molecule has 2 aliphatic rings. The van der Waals surface area contributed by atoms with Crippen LogP contribution in [0.1, 0.15) is 31.7 Å². The molecule has 4 heteroatoms. The van der Waals surface area contributed by atoms with Gasteiger partial charge in [-0.1, -0.05) is 13.0 Å². The summed E-state index contributed by atoms with van der Waals surface area (Å²) in [7, 11) is 0. The number of aliphatic hydroxyl groups excluding tert-OH is 1. The molecule has 1 aromatic rings. The average molecular weight is 274 g/mol. The van der Waals surface area contributed by atoms with Crippen LogP contribution in [-0.4, -0.2) is 39.6 Å². The summed E-state index contributed by atoms with van der Waals surface area (Å²) in [5, 5.41) is 10.2. The van der Waals surface area contributed by atoms with Crippen LogP contribution in [0.3, 0.4) is 0 Å². The summed E-state index contributed by atoms with van der Waals surface area (Å²) in [5.74, 6) is 1.11. The predicted molar refractivity (Wildman–Crippen MR) is 76.0 cm³/mol. The lowest BCUT2D eigenvalue weighted by molar-refractivity contribution is -0.141. The van der Waals surface area contributed by atoms with Crippen LogP contribution >= 0.6 is 0 Å². The highest BCUT2D eigenvalue weighted by atomic mass is 16.3. The molecule has 0 aromatic carbocycles. The van der Waals surface area contributed by atoms with Crippen molar-refractivity contribution in [2.45, 2.75) is 44.8 Å². The van der Waals surface area contributed by atoms with Crippen LogP contribution in [0.15, 0.2) is 24.5 Å². The van der Waals surface area contributed by atoms with E-state index in [0.717, 1.165) is 18.4 Å². The fraction of sp³-hybridized carbons (Fsp3) is 0.625. The SMILES string of the molecule is CC1CC(C(=O)N2CC[C@H](O)[C@@H]2Cc2cccnc2)C1. The molecule has 1 saturated carbocycles. The third-order valence-electron chi connectivity index (χ3n) is 4.68. The minimum Gasteiger partial charge on any atom is -0.391 e. The van der Waals surface area contributed by atoms with E-state index in [1.54, 1.807) is 6.20 Å². The van der Waals surface area contributed by atoms with Crippen LogP contribution in [0.4, 0.5) is 0 Å². The molecule has 1 aromatic heterocycles. The van der Waals surface area contributed by atoms with Crippen molar-refractivity contribution in [1.29, 1.82) is 0 Å². The lowest BCUT2D eigenvalue weighted by Gasteiger charge is -2.37. The fourth-order valence-corrected chi connectivity index (χ4v) is 3.46. The molecule has 0 unspecified atom stereocenters. The van der Waals surface area contributed by atoms with Gasteiger partial charge in [-0.15, -0.1) is 0 Å². The first-order chi connectivity index (χ1) is 9.65. The van der Waals surface area contributed by atoms with E-state index in [4.69, 9.17) is 0 Å². The number of carbonyl (C=O) groups excluding carboxylic acids is 1. The van der Waals surface area contributed by atoms with Gasteiger partial charge in [0.2, 0.25) is 5.91 Å². The molecule has 20 heavy (non-hydrogen) atoms. The maximum Gasteiger partial charge on any atom is 0.226 e. The Morgan fingerprint density at radius 3 is 2.95 bits per heavy atom. The summed E-state index contributed by atoms with van der Waals surface area (Å²) in [5.41, 5.74) is 1.08. The van der Waals surface area contributed by atoms with E-state index in [0.29, 0.717) is 25.3 Å². The first-order valence-electron chi connectivity index (χ1n) is 7.52. The molecule has 0 spiro atoms. The second kappa shape index (κ2) is 5.52. The van der Waals surface area contributed by atoms with Crippen LogP contribution in [0.2, 0.25) is 0 Å². The largest absolute Gasteiger partial charge is 0.391 e. The zero-order valence-electron chi connectivity index (χ0n) is 11.9. The number of nitrogens with zero attached hydrogens (tertiary/aromatic N) is 2. The molecule has 2 fully saturated rings. The van der Waals surface area contributed by atoms with Crippen molar-refractivity contribution in [1.82, 2.24) is 9.88 Å². The number of amides is 1. The summed E-state index contributed by atoms with van der Waals surface area (Å²) < 4.78 is 0. The molecule has 2 heterocycles. The van der Waals surface area contributed by atoms with Crippen molar-refractivity contribution >= 4 is 5.91 Å². The number of rotatable bonds is 3. The summed E-state index contributed by atoms with van der Waals surface area (Å²) in [4.78, 5) is 18.5. The second-order valence-corrected chi connectivity index (χ2v) is 6.29. The summed E-state index contributed by atoms with van der Waals surface area (Å²) in [6, 6.07) is 3.82. The van der Waals surface area contributed by atoms with E-state index in [1.807, 2.05) is 23.2 Å². The number of hydrogen-bond donors (Lipinski definition) is 1. The highest BCUT2D eigenvalue weighted by molar-refractivity contribution is 5.80. The lowest BCUT2D eigenvalue weighted by Crippen LogP contribution is -2.46. The Bertz CT molecular complexity index is 471. The van der Waals surface area contributed by atoms with Crippen LogP contribution in [0.25, 0.3) is 0 Å². The van der Waals surface area contributed by atoms with Gasteiger partial charge in [0, 0.05) is 24.9 Å². The van der Waals surface area contributed by atoms with E-state index in [2.05, 4.69) is 11.9 Å². The molecule has 4 nitrogen and oxygen atoms in total. The van der Waals surface area contributed by atoms with Crippen molar-refractivity contribution in [2.24, 2.45) is 11.8 Å². The number of aliphatic hydroxyl groups is 1. The van der Waals surface area contributed by atoms with Gasteiger partial charge in [0.05, 0.1) is 12.1 Å². The van der Waals surface area contributed by atoms with Gasteiger partial charge < -0.3 is 10.0 Å². The predicted octanol–water partition coefficient (Wildman–Crippen LogP) is 1.63. The first-order valence-corrected chi connectivity index (χ1v) is 7.52. The Balaban J connectivity index is 1.69. The smallest absolute Gasteiger partial charge is 0.226 e. The van der Waals surface area contributed by atoms with Gasteiger partial charge in [-0.05, 0) is 43.2 Å². The van der Waals surface area contributed by atoms with E-state index in [9.17, 15) is 9.90 Å². The van der Waals surface area contributed by atoms with Gasteiger partial charge in [0.15, 0.2) is 0 Å². The van der Waals surface area contributed by atoms with Gasteiger partial charge in [-0.3, -0.25) is 9.78 Å². The Morgan fingerprint density at radius 2 is 2.30 bits per heavy atom. The van der Waals surface area contributed by atoms with E-state index in [1.165, 1.54) is 0 Å². The Hall–Kier alpha value is -1.42. The molecule has 1 amide bonds. The Labute approximate surface area is 119 Å². The summed E-state index contributed by atoms with van der Waals surface area (Å²) in [6.45, 7) is 2.88. The zero-order chi connectivity index (χ0) is 14.1. The molecular weight excluding hydrogens is 252 g/mol. The zero-order valence-corrected chi connectivity index (χ0v) is 11.9. The maximum absolute atomic E-state index is 12.5. The number of likely N-dealkylation sites (tertiary alicyclic amines) is 1. The van der Waals surface area contributed by atoms with Gasteiger partial charge in [0.1, 0.15) is 0 Å². The normalized spacial score (nSPS) is 33.0. The van der Waals surface area contributed by atoms with Crippen LogP contribution in [0, 0.1) is 11.8 Å². The highest BCUT2D eigenvalue weighted by Crippen LogP contribution is 2.36. The van der Waals surface area contributed by atoms with Crippen molar-refractivity contribution in [3.05, 3.63) is 30.1 Å². The highest BCUT2D eigenvalue weighted by Gasteiger charge is 2.41. The van der Waals surface area contributed by atoms with Gasteiger partial charge in [0.25, 0.3) is 0 Å². The molecule has 1 aliphatic heterocycles. The van der Waals surface area contributed by atoms with Crippen LogP contribution < -0.4 is 0 Å². The Morgan fingerprint density at radius 1 is 1.50 bits per heavy atom. The quantitative estimate of drug-likeness (QED) is 0.911. The topological polar surface area (TPSA) is 53.4 Å². The molecule has 108 valence electrons. The molecule has 1 saturated heterocycles. The van der Waals surface area contributed by atoms with Crippen LogP contribution in [0.5, 0.6) is 0 Å². The molecular formula is C16H22N2O2. The number of hydrogen-bond acceptors (Lipinski definition) is 3. The van der Waals surface area contributed by atoms with E-state index < -0.39 is 6.10 Å². The maximum atomic E-state index is 12.5. The van der Waals surface area contributed by atoms with E-state index in [-0.39, 0.29) is 17.9 Å². The summed E-state index contributed by atoms with van der Waals surface area (Å²) in [6.07, 6.45) is 6.56. The molecule has 2 atom stereocenters. The number of aromatic nitrogens is 1.